The summed E-state index contributed by atoms with van der Waals surface area (Å²) in [5.41, 5.74) is 2.54. The van der Waals surface area contributed by atoms with Gasteiger partial charge in [0.25, 0.3) is 0 Å². The number of nitrogens with zero attached hydrogens (tertiary/aromatic N) is 2. The molecule has 150 valence electrons. The number of rotatable bonds is 7. The molecule has 0 aliphatic carbocycles. The maximum absolute atomic E-state index is 12.7. The number of Topliss-reactive ketones (excluding diaryl/α,β-unsaturated/α-hetero) is 1. The number of para-hydroxylation sites is 1. The lowest BCUT2D eigenvalue weighted by Crippen LogP contribution is -2.09. The first-order chi connectivity index (χ1) is 13.9. The molecule has 1 heterocycles. The fourth-order valence-electron chi connectivity index (χ4n) is 2.89. The van der Waals surface area contributed by atoms with Crippen molar-refractivity contribution in [2.75, 3.05) is 6.61 Å². The second-order valence-corrected chi connectivity index (χ2v) is 6.74. The Kier molecular flexibility index (Phi) is 6.34. The third-order valence-electron chi connectivity index (χ3n) is 4.33. The van der Waals surface area contributed by atoms with E-state index >= 15 is 0 Å². The van der Waals surface area contributed by atoms with Gasteiger partial charge in [-0.15, -0.1) is 0 Å². The standard InChI is InChI=1S/C22H21ClN2O4/c1-4-28-19-11-10-16(15(3)26)12-17(19)13-29-22(27)20-14(2)24-25(21(20)23)18-8-6-5-7-9-18/h5-12H,4,13H2,1-3H3. The van der Waals surface area contributed by atoms with Gasteiger partial charge in [0, 0.05) is 11.1 Å². The summed E-state index contributed by atoms with van der Waals surface area (Å²) in [6, 6.07) is 14.3. The van der Waals surface area contributed by atoms with Gasteiger partial charge in [-0.3, -0.25) is 4.79 Å². The normalized spacial score (nSPS) is 10.6. The van der Waals surface area contributed by atoms with Gasteiger partial charge in [-0.25, -0.2) is 9.48 Å². The van der Waals surface area contributed by atoms with E-state index in [-0.39, 0.29) is 23.1 Å². The van der Waals surface area contributed by atoms with Crippen LogP contribution in [0.25, 0.3) is 5.69 Å². The first-order valence-corrected chi connectivity index (χ1v) is 9.54. The molecular formula is C22H21ClN2O4. The largest absolute Gasteiger partial charge is 0.493 e. The number of ketones is 1. The highest BCUT2D eigenvalue weighted by atomic mass is 35.5. The van der Waals surface area contributed by atoms with Gasteiger partial charge in [0.15, 0.2) is 5.78 Å². The van der Waals surface area contributed by atoms with E-state index in [0.29, 0.717) is 29.2 Å². The Hall–Kier alpha value is -3.12. The molecule has 0 aliphatic rings. The first kappa shape index (κ1) is 20.6. The maximum Gasteiger partial charge on any atom is 0.343 e. The number of halogens is 1. The zero-order valence-electron chi connectivity index (χ0n) is 16.4. The number of hydrogen-bond donors (Lipinski definition) is 0. The zero-order chi connectivity index (χ0) is 21.0. The van der Waals surface area contributed by atoms with Gasteiger partial charge >= 0.3 is 5.97 Å². The summed E-state index contributed by atoms with van der Waals surface area (Å²) >= 11 is 6.42. The summed E-state index contributed by atoms with van der Waals surface area (Å²) < 4.78 is 12.5. The first-order valence-electron chi connectivity index (χ1n) is 9.16. The van der Waals surface area contributed by atoms with Crippen LogP contribution in [0.3, 0.4) is 0 Å². The lowest BCUT2D eigenvalue weighted by molar-refractivity contribution is 0.0469. The summed E-state index contributed by atoms with van der Waals surface area (Å²) in [4.78, 5) is 24.4. The second-order valence-electron chi connectivity index (χ2n) is 6.39. The smallest absolute Gasteiger partial charge is 0.343 e. The fourth-order valence-corrected chi connectivity index (χ4v) is 3.24. The van der Waals surface area contributed by atoms with Crippen LogP contribution in [0.5, 0.6) is 5.75 Å². The van der Waals surface area contributed by atoms with Gasteiger partial charge in [0.2, 0.25) is 0 Å². The Morgan fingerprint density at radius 1 is 1.14 bits per heavy atom. The molecule has 0 atom stereocenters. The maximum atomic E-state index is 12.7. The molecule has 0 aliphatic heterocycles. The summed E-state index contributed by atoms with van der Waals surface area (Å²) in [5.74, 6) is -0.109. The number of benzene rings is 2. The topological polar surface area (TPSA) is 70.4 Å². The summed E-state index contributed by atoms with van der Waals surface area (Å²) in [7, 11) is 0. The molecule has 0 radical (unpaired) electrons. The third kappa shape index (κ3) is 4.49. The minimum absolute atomic E-state index is 0.0540. The molecule has 0 saturated heterocycles. The molecule has 0 spiro atoms. The van der Waals surface area contributed by atoms with Crippen LogP contribution in [-0.4, -0.2) is 28.1 Å². The number of aryl methyl sites for hydroxylation is 1. The van der Waals surface area contributed by atoms with Crippen molar-refractivity contribution in [3.05, 3.63) is 76.1 Å². The van der Waals surface area contributed by atoms with Crippen LogP contribution in [0.2, 0.25) is 5.15 Å². The lowest BCUT2D eigenvalue weighted by Gasteiger charge is -2.12. The Morgan fingerprint density at radius 3 is 2.52 bits per heavy atom. The quantitative estimate of drug-likeness (QED) is 0.412. The molecule has 1 aromatic heterocycles. The second kappa shape index (κ2) is 8.92. The Morgan fingerprint density at radius 2 is 1.86 bits per heavy atom. The van der Waals surface area contributed by atoms with Gasteiger partial charge in [0.05, 0.1) is 18.0 Å². The van der Waals surface area contributed by atoms with E-state index in [2.05, 4.69) is 5.10 Å². The molecule has 0 bridgehead atoms. The molecule has 3 rings (SSSR count). The van der Waals surface area contributed by atoms with E-state index in [1.807, 2.05) is 37.3 Å². The molecule has 0 unspecified atom stereocenters. The van der Waals surface area contributed by atoms with Crippen molar-refractivity contribution in [1.29, 1.82) is 0 Å². The van der Waals surface area contributed by atoms with Crippen LogP contribution in [0.15, 0.2) is 48.5 Å². The predicted octanol–water partition coefficient (Wildman–Crippen LogP) is 4.79. The zero-order valence-corrected chi connectivity index (χ0v) is 17.2. The predicted molar refractivity (Wildman–Crippen MR) is 110 cm³/mol. The Bertz CT molecular complexity index is 1040. The van der Waals surface area contributed by atoms with E-state index in [1.54, 1.807) is 25.1 Å². The van der Waals surface area contributed by atoms with Crippen molar-refractivity contribution < 1.29 is 19.1 Å². The average Bonchev–Trinajstić information content (AvgIpc) is 3.01. The van der Waals surface area contributed by atoms with Crippen molar-refractivity contribution in [3.8, 4) is 11.4 Å². The molecule has 2 aromatic carbocycles. The van der Waals surface area contributed by atoms with Crippen LogP contribution in [0.1, 0.15) is 45.8 Å². The van der Waals surface area contributed by atoms with Crippen molar-refractivity contribution in [2.24, 2.45) is 0 Å². The van der Waals surface area contributed by atoms with E-state index < -0.39 is 5.97 Å². The number of carbonyl (C=O) groups is 2. The van der Waals surface area contributed by atoms with Gasteiger partial charge < -0.3 is 9.47 Å². The fraction of sp³-hybridized carbons (Fsp3) is 0.227. The molecular weight excluding hydrogens is 392 g/mol. The van der Waals surface area contributed by atoms with Crippen molar-refractivity contribution in [3.63, 3.8) is 0 Å². The molecule has 0 N–H and O–H groups in total. The summed E-state index contributed by atoms with van der Waals surface area (Å²) in [6.07, 6.45) is 0. The molecule has 3 aromatic rings. The number of ether oxygens (including phenoxy) is 2. The van der Waals surface area contributed by atoms with E-state index in [1.165, 1.54) is 11.6 Å². The third-order valence-corrected chi connectivity index (χ3v) is 4.68. The van der Waals surface area contributed by atoms with Crippen LogP contribution >= 0.6 is 11.6 Å². The minimum atomic E-state index is -0.592. The molecule has 6 nitrogen and oxygen atoms in total. The molecule has 0 fully saturated rings. The number of carbonyl (C=O) groups excluding carboxylic acids is 2. The minimum Gasteiger partial charge on any atom is -0.493 e. The van der Waals surface area contributed by atoms with Crippen molar-refractivity contribution >= 4 is 23.4 Å². The lowest BCUT2D eigenvalue weighted by atomic mass is 10.1. The summed E-state index contributed by atoms with van der Waals surface area (Å²) in [5, 5.41) is 4.54. The molecule has 7 heteroatoms. The van der Waals surface area contributed by atoms with Crippen LogP contribution in [-0.2, 0) is 11.3 Å². The Balaban J connectivity index is 1.84. The molecule has 29 heavy (non-hydrogen) atoms. The van der Waals surface area contributed by atoms with Crippen LogP contribution in [0, 0.1) is 6.92 Å². The number of aromatic nitrogens is 2. The van der Waals surface area contributed by atoms with Gasteiger partial charge in [-0.05, 0) is 51.1 Å². The van der Waals surface area contributed by atoms with Gasteiger partial charge in [0.1, 0.15) is 23.1 Å². The average molecular weight is 413 g/mol. The highest BCUT2D eigenvalue weighted by Gasteiger charge is 2.23. The highest BCUT2D eigenvalue weighted by molar-refractivity contribution is 6.33. The van der Waals surface area contributed by atoms with E-state index in [0.717, 1.165) is 5.69 Å². The van der Waals surface area contributed by atoms with Crippen molar-refractivity contribution in [2.45, 2.75) is 27.4 Å². The summed E-state index contributed by atoms with van der Waals surface area (Å²) in [6.45, 7) is 5.43. The highest BCUT2D eigenvalue weighted by Crippen LogP contribution is 2.26. The van der Waals surface area contributed by atoms with E-state index in [4.69, 9.17) is 21.1 Å². The van der Waals surface area contributed by atoms with Crippen molar-refractivity contribution in [1.82, 2.24) is 9.78 Å². The van der Waals surface area contributed by atoms with Gasteiger partial charge in [-0.1, -0.05) is 29.8 Å². The number of hydrogen-bond acceptors (Lipinski definition) is 5. The SMILES string of the molecule is CCOc1ccc(C(C)=O)cc1COC(=O)c1c(C)nn(-c2ccccc2)c1Cl. The Labute approximate surface area is 174 Å². The molecule has 0 saturated carbocycles. The van der Waals surface area contributed by atoms with Crippen LogP contribution in [0.4, 0.5) is 0 Å². The van der Waals surface area contributed by atoms with Gasteiger partial charge in [-0.2, -0.15) is 5.10 Å². The number of esters is 1. The van der Waals surface area contributed by atoms with Crippen LogP contribution < -0.4 is 4.74 Å². The molecule has 0 amide bonds. The van der Waals surface area contributed by atoms with E-state index in [9.17, 15) is 9.59 Å². The monoisotopic (exact) mass is 412 g/mol.